The highest BCUT2D eigenvalue weighted by molar-refractivity contribution is 5.75. The lowest BCUT2D eigenvalue weighted by Crippen LogP contribution is -2.32. The topological polar surface area (TPSA) is 59.6 Å². The number of ether oxygens (including phenoxy) is 2. The van der Waals surface area contributed by atoms with Crippen LogP contribution in [0.3, 0.4) is 0 Å². The van der Waals surface area contributed by atoms with E-state index in [4.69, 9.17) is 9.47 Å². The Morgan fingerprint density at radius 2 is 1.95 bits per heavy atom. The van der Waals surface area contributed by atoms with Crippen LogP contribution in [0.25, 0.3) is 0 Å². The molecule has 0 aromatic carbocycles. The summed E-state index contributed by atoms with van der Waals surface area (Å²) < 4.78 is 23.8. The summed E-state index contributed by atoms with van der Waals surface area (Å²) >= 11 is 0. The van der Waals surface area contributed by atoms with E-state index in [1.807, 2.05) is 0 Å². The molecule has 0 aromatic heterocycles. The molecule has 0 aliphatic heterocycles. The summed E-state index contributed by atoms with van der Waals surface area (Å²) in [6, 6.07) is 0.500. The summed E-state index contributed by atoms with van der Waals surface area (Å²) in [5.41, 5.74) is 0. The maximum Gasteiger partial charge on any atom is 0.219 e. The van der Waals surface area contributed by atoms with E-state index in [0.717, 1.165) is 13.0 Å². The van der Waals surface area contributed by atoms with Crippen LogP contribution in [0, 0.1) is 0 Å². The van der Waals surface area contributed by atoms with Crippen LogP contribution in [0.4, 0.5) is 4.39 Å². The van der Waals surface area contributed by atoms with E-state index in [1.54, 1.807) is 6.92 Å². The Morgan fingerprint density at radius 1 is 1.25 bits per heavy atom. The van der Waals surface area contributed by atoms with Crippen molar-refractivity contribution in [2.24, 2.45) is 0 Å². The number of rotatable bonds is 13. The molecule has 2 unspecified atom stereocenters. The lowest BCUT2D eigenvalue weighted by Gasteiger charge is -2.12. The molecule has 0 bridgehead atoms. The molecule has 0 rings (SSSR count). The minimum absolute atomic E-state index is 0. The summed E-state index contributed by atoms with van der Waals surface area (Å²) in [6.45, 7) is 8.23. The number of hydrogen-bond donors (Lipinski definition) is 2. The molecule has 0 fully saturated rings. The summed E-state index contributed by atoms with van der Waals surface area (Å²) in [5.74, 6) is -0.148. The molecule has 2 N–H and O–H groups in total. The van der Waals surface area contributed by atoms with Gasteiger partial charge < -0.3 is 20.1 Å². The molecule has 0 aliphatic rings. The van der Waals surface area contributed by atoms with Crippen LogP contribution < -0.4 is 10.6 Å². The van der Waals surface area contributed by atoms with E-state index in [-0.39, 0.29) is 21.9 Å². The molecule has 6 heteroatoms. The first-order valence-electron chi connectivity index (χ1n) is 7.39. The maximum absolute atomic E-state index is 13.3. The lowest BCUT2D eigenvalue weighted by molar-refractivity contribution is -0.121. The van der Waals surface area contributed by atoms with Crippen LogP contribution in [-0.4, -0.2) is 57.6 Å². The molecule has 0 heterocycles. The molecule has 0 saturated carbocycles. The second kappa shape index (κ2) is 13.3. The Hall–Kier alpha value is -0.720. The minimum atomic E-state index is -1.17. The minimum Gasteiger partial charge on any atom is -0.378 e. The third-order valence-corrected chi connectivity index (χ3v) is 2.86. The fraction of sp³-hybridized carbons (Fsp3) is 0.929. The van der Waals surface area contributed by atoms with Crippen LogP contribution in [0.1, 0.15) is 36.5 Å². The number of alkyl halides is 1. The first-order valence-corrected chi connectivity index (χ1v) is 7.39. The van der Waals surface area contributed by atoms with Gasteiger partial charge in [0.1, 0.15) is 6.17 Å². The first kappa shape index (κ1) is 19.3. The van der Waals surface area contributed by atoms with E-state index >= 15 is 0 Å². The Morgan fingerprint density at radius 3 is 2.60 bits per heavy atom. The smallest absolute Gasteiger partial charge is 0.219 e. The van der Waals surface area contributed by atoms with Gasteiger partial charge in [-0.05, 0) is 13.3 Å². The Labute approximate surface area is 124 Å². The van der Waals surface area contributed by atoms with Crippen molar-refractivity contribution < 1.29 is 21.5 Å². The molecule has 2 atom stereocenters. The van der Waals surface area contributed by atoms with Gasteiger partial charge in [-0.1, -0.05) is 13.8 Å². The van der Waals surface area contributed by atoms with Crippen LogP contribution in [0.2, 0.25) is 0 Å². The standard InChI is InChI=1S/C14H29FN2O3.2H2/c1-4-12(3)16-6-7-19-8-9-20-11-13(15)10-17-14(18)5-2;;/h12-13,16H,4-11H2,1-3H3,(H,17,18);2*1H. The molecular weight excluding hydrogens is 263 g/mol. The number of nitrogens with one attached hydrogen (secondary N) is 2. The van der Waals surface area contributed by atoms with Crippen LogP contribution in [-0.2, 0) is 14.3 Å². The summed E-state index contributed by atoms with van der Waals surface area (Å²) in [7, 11) is 0. The van der Waals surface area contributed by atoms with Crippen LogP contribution >= 0.6 is 0 Å². The molecule has 0 saturated heterocycles. The van der Waals surface area contributed by atoms with Crippen LogP contribution in [0.5, 0.6) is 0 Å². The quantitative estimate of drug-likeness (QED) is 0.509. The van der Waals surface area contributed by atoms with Gasteiger partial charge in [0, 0.05) is 21.9 Å². The molecule has 0 radical (unpaired) electrons. The van der Waals surface area contributed by atoms with Crippen molar-refractivity contribution in [3.05, 3.63) is 0 Å². The number of halogens is 1. The van der Waals surface area contributed by atoms with Crippen molar-refractivity contribution in [2.75, 3.05) is 39.5 Å². The normalized spacial score (nSPS) is 14.0. The lowest BCUT2D eigenvalue weighted by atomic mass is 10.3. The molecule has 124 valence electrons. The second-order valence-corrected chi connectivity index (χ2v) is 4.71. The highest BCUT2D eigenvalue weighted by Gasteiger charge is 2.07. The fourth-order valence-electron chi connectivity index (χ4n) is 1.36. The molecule has 20 heavy (non-hydrogen) atoms. The monoisotopic (exact) mass is 296 g/mol. The van der Waals surface area contributed by atoms with E-state index in [1.165, 1.54) is 0 Å². The maximum atomic E-state index is 13.3. The third-order valence-electron chi connectivity index (χ3n) is 2.86. The number of carbonyl (C=O) groups is 1. The largest absolute Gasteiger partial charge is 0.378 e. The van der Waals surface area contributed by atoms with Crippen LogP contribution in [0.15, 0.2) is 0 Å². The van der Waals surface area contributed by atoms with Crippen molar-refractivity contribution in [3.8, 4) is 0 Å². The second-order valence-electron chi connectivity index (χ2n) is 4.71. The predicted octanol–water partition coefficient (Wildman–Crippen LogP) is 1.76. The fourth-order valence-corrected chi connectivity index (χ4v) is 1.36. The van der Waals surface area contributed by atoms with E-state index in [2.05, 4.69) is 24.5 Å². The zero-order valence-electron chi connectivity index (χ0n) is 12.9. The number of hydrogen-bond acceptors (Lipinski definition) is 4. The molecular formula is C14H33FN2O3. The highest BCUT2D eigenvalue weighted by Crippen LogP contribution is 1.92. The van der Waals surface area contributed by atoms with E-state index in [9.17, 15) is 9.18 Å². The van der Waals surface area contributed by atoms with E-state index < -0.39 is 6.17 Å². The van der Waals surface area contributed by atoms with Gasteiger partial charge in [0.15, 0.2) is 0 Å². The zero-order chi connectivity index (χ0) is 15.2. The Kier molecular flexibility index (Phi) is 12.8. The number of carbonyl (C=O) groups excluding carboxylic acids is 1. The van der Waals surface area contributed by atoms with Gasteiger partial charge >= 0.3 is 0 Å². The predicted molar refractivity (Wildman–Crippen MR) is 81.8 cm³/mol. The number of amides is 1. The Balaban J connectivity index is -0.00000180. The molecule has 1 amide bonds. The highest BCUT2D eigenvalue weighted by atomic mass is 19.1. The molecule has 5 nitrogen and oxygen atoms in total. The third kappa shape index (κ3) is 12.3. The SMILES string of the molecule is CCC(=O)NCC(F)COCCOCCNC(C)CC.[HH].[HH]. The van der Waals surface area contributed by atoms with Gasteiger partial charge in [-0.25, -0.2) is 4.39 Å². The van der Waals surface area contributed by atoms with Crippen molar-refractivity contribution >= 4 is 5.91 Å². The van der Waals surface area contributed by atoms with Gasteiger partial charge in [-0.15, -0.1) is 0 Å². The average molecular weight is 296 g/mol. The van der Waals surface area contributed by atoms with E-state index in [0.29, 0.717) is 32.3 Å². The zero-order valence-corrected chi connectivity index (χ0v) is 12.9. The Bertz CT molecular complexity index is 252. The van der Waals surface area contributed by atoms with Gasteiger partial charge in [0.2, 0.25) is 5.91 Å². The summed E-state index contributed by atoms with van der Waals surface area (Å²) in [6.07, 6.45) is 0.291. The summed E-state index contributed by atoms with van der Waals surface area (Å²) in [5, 5.41) is 5.79. The summed E-state index contributed by atoms with van der Waals surface area (Å²) in [4.78, 5) is 10.9. The van der Waals surface area contributed by atoms with Gasteiger partial charge in [-0.3, -0.25) is 4.79 Å². The van der Waals surface area contributed by atoms with Gasteiger partial charge in [0.25, 0.3) is 0 Å². The molecule has 0 spiro atoms. The van der Waals surface area contributed by atoms with Crippen molar-refractivity contribution in [3.63, 3.8) is 0 Å². The van der Waals surface area contributed by atoms with Crippen molar-refractivity contribution in [1.82, 2.24) is 10.6 Å². The van der Waals surface area contributed by atoms with Crippen molar-refractivity contribution in [1.29, 1.82) is 0 Å². The van der Waals surface area contributed by atoms with Crippen molar-refractivity contribution in [2.45, 2.75) is 45.8 Å². The molecule has 0 aromatic rings. The van der Waals surface area contributed by atoms with Gasteiger partial charge in [-0.2, -0.15) is 0 Å². The van der Waals surface area contributed by atoms with Gasteiger partial charge in [0.05, 0.1) is 33.0 Å². The molecule has 0 aliphatic carbocycles. The first-order chi connectivity index (χ1) is 9.60. The average Bonchev–Trinajstić information content (AvgIpc) is 2.46.